The maximum atomic E-state index is 11.3. The summed E-state index contributed by atoms with van der Waals surface area (Å²) in [6.07, 6.45) is 0. The molecule has 0 unspecified atom stereocenters. The number of ether oxygens (including phenoxy) is 1. The third kappa shape index (κ3) is 4.93. The molecule has 0 aliphatic rings. The standard InChI is InChI=1S/C11H16N2O2.H2S/c1-8(2)12-11(14)13-9-4-6-10(15-3)7-5-9;/h4-8H,1-3H3,(H2,12,13,14);1H2. The molecule has 0 bridgehead atoms. The number of rotatable bonds is 3. The second-order valence-corrected chi connectivity index (χ2v) is 3.48. The first kappa shape index (κ1) is 14.6. The normalized spacial score (nSPS) is 9.25. The van der Waals surface area contributed by atoms with Gasteiger partial charge in [0.2, 0.25) is 0 Å². The Morgan fingerprint density at radius 1 is 1.25 bits per heavy atom. The number of benzene rings is 1. The molecule has 0 atom stereocenters. The highest BCUT2D eigenvalue weighted by molar-refractivity contribution is 7.59. The molecule has 2 amide bonds. The van der Waals surface area contributed by atoms with Crippen molar-refractivity contribution in [3.8, 4) is 5.75 Å². The van der Waals surface area contributed by atoms with Gasteiger partial charge in [-0.25, -0.2) is 4.79 Å². The van der Waals surface area contributed by atoms with Gasteiger partial charge in [-0.1, -0.05) is 0 Å². The van der Waals surface area contributed by atoms with Crippen molar-refractivity contribution in [2.24, 2.45) is 0 Å². The van der Waals surface area contributed by atoms with Crippen LogP contribution in [0.3, 0.4) is 0 Å². The molecule has 90 valence electrons. The Balaban J connectivity index is 0.00000225. The van der Waals surface area contributed by atoms with E-state index < -0.39 is 0 Å². The van der Waals surface area contributed by atoms with Crippen LogP contribution >= 0.6 is 13.5 Å². The van der Waals surface area contributed by atoms with Crippen LogP contribution < -0.4 is 15.4 Å². The summed E-state index contributed by atoms with van der Waals surface area (Å²) < 4.78 is 5.01. The van der Waals surface area contributed by atoms with Crippen molar-refractivity contribution in [3.63, 3.8) is 0 Å². The van der Waals surface area contributed by atoms with Crippen molar-refractivity contribution in [2.45, 2.75) is 19.9 Å². The molecule has 0 saturated heterocycles. The van der Waals surface area contributed by atoms with E-state index in [0.29, 0.717) is 0 Å². The average Bonchev–Trinajstić information content (AvgIpc) is 2.17. The highest BCUT2D eigenvalue weighted by Gasteiger charge is 2.02. The first-order valence-corrected chi connectivity index (χ1v) is 4.83. The molecule has 2 N–H and O–H groups in total. The van der Waals surface area contributed by atoms with Gasteiger partial charge in [0.05, 0.1) is 7.11 Å². The summed E-state index contributed by atoms with van der Waals surface area (Å²) in [5, 5.41) is 5.46. The molecule has 0 aliphatic heterocycles. The molecule has 0 saturated carbocycles. The first-order valence-electron chi connectivity index (χ1n) is 4.83. The molecule has 0 fully saturated rings. The lowest BCUT2D eigenvalue weighted by Gasteiger charge is -2.10. The van der Waals surface area contributed by atoms with Crippen LogP contribution in [0.2, 0.25) is 0 Å². The molecular formula is C11H18N2O2S. The third-order valence-electron chi connectivity index (χ3n) is 1.77. The predicted octanol–water partition coefficient (Wildman–Crippen LogP) is 2.34. The van der Waals surface area contributed by atoms with E-state index in [1.807, 2.05) is 13.8 Å². The van der Waals surface area contributed by atoms with E-state index in [-0.39, 0.29) is 25.6 Å². The van der Waals surface area contributed by atoms with Gasteiger partial charge in [0.1, 0.15) is 5.75 Å². The first-order chi connectivity index (χ1) is 7.11. The lowest BCUT2D eigenvalue weighted by atomic mass is 10.3. The number of hydrogen-bond acceptors (Lipinski definition) is 2. The summed E-state index contributed by atoms with van der Waals surface area (Å²) in [6, 6.07) is 7.10. The molecule has 1 rings (SSSR count). The smallest absolute Gasteiger partial charge is 0.319 e. The Labute approximate surface area is 103 Å². The van der Waals surface area contributed by atoms with E-state index in [9.17, 15) is 4.79 Å². The van der Waals surface area contributed by atoms with Gasteiger partial charge < -0.3 is 15.4 Å². The number of amides is 2. The van der Waals surface area contributed by atoms with E-state index in [4.69, 9.17) is 4.74 Å². The fraction of sp³-hybridized carbons (Fsp3) is 0.364. The monoisotopic (exact) mass is 242 g/mol. The molecular weight excluding hydrogens is 224 g/mol. The van der Waals surface area contributed by atoms with Gasteiger partial charge in [0.15, 0.2) is 0 Å². The van der Waals surface area contributed by atoms with E-state index in [1.54, 1.807) is 31.4 Å². The zero-order valence-electron chi connectivity index (χ0n) is 9.70. The fourth-order valence-corrected chi connectivity index (χ4v) is 1.10. The van der Waals surface area contributed by atoms with E-state index >= 15 is 0 Å². The SMILES string of the molecule is COc1ccc(NC(=O)NC(C)C)cc1.S. The lowest BCUT2D eigenvalue weighted by molar-refractivity contribution is 0.250. The van der Waals surface area contributed by atoms with Crippen molar-refractivity contribution >= 4 is 25.2 Å². The minimum Gasteiger partial charge on any atom is -0.497 e. The molecule has 0 aliphatic carbocycles. The molecule has 4 nitrogen and oxygen atoms in total. The average molecular weight is 242 g/mol. The zero-order chi connectivity index (χ0) is 11.3. The second-order valence-electron chi connectivity index (χ2n) is 3.48. The summed E-state index contributed by atoms with van der Waals surface area (Å²) in [6.45, 7) is 3.82. The quantitative estimate of drug-likeness (QED) is 0.854. The molecule has 0 radical (unpaired) electrons. The topological polar surface area (TPSA) is 50.4 Å². The number of methoxy groups -OCH3 is 1. The van der Waals surface area contributed by atoms with Gasteiger partial charge in [0, 0.05) is 11.7 Å². The van der Waals surface area contributed by atoms with Crippen LogP contribution in [0.5, 0.6) is 5.75 Å². The summed E-state index contributed by atoms with van der Waals surface area (Å²) in [4.78, 5) is 11.3. The van der Waals surface area contributed by atoms with E-state index in [1.165, 1.54) is 0 Å². The molecule has 5 heteroatoms. The summed E-state index contributed by atoms with van der Waals surface area (Å²) in [5.74, 6) is 0.768. The molecule has 1 aromatic rings. The van der Waals surface area contributed by atoms with Crippen LogP contribution in [0.25, 0.3) is 0 Å². The van der Waals surface area contributed by atoms with Gasteiger partial charge in [-0.15, -0.1) is 0 Å². The van der Waals surface area contributed by atoms with Crippen LogP contribution in [-0.4, -0.2) is 19.2 Å². The molecule has 16 heavy (non-hydrogen) atoms. The van der Waals surface area contributed by atoms with Crippen LogP contribution in [0.15, 0.2) is 24.3 Å². The number of urea groups is 1. The summed E-state index contributed by atoms with van der Waals surface area (Å²) in [5.41, 5.74) is 0.744. The predicted molar refractivity (Wildman–Crippen MR) is 70.7 cm³/mol. The number of carbonyl (C=O) groups excluding carboxylic acids is 1. The van der Waals surface area contributed by atoms with Gasteiger partial charge in [-0.3, -0.25) is 0 Å². The van der Waals surface area contributed by atoms with Crippen LogP contribution in [0.1, 0.15) is 13.8 Å². The van der Waals surface area contributed by atoms with Crippen molar-refractivity contribution in [1.82, 2.24) is 5.32 Å². The second kappa shape index (κ2) is 7.00. The molecule has 1 aromatic carbocycles. The van der Waals surface area contributed by atoms with Gasteiger partial charge in [0.25, 0.3) is 0 Å². The Hall–Kier alpha value is -1.36. The van der Waals surface area contributed by atoms with Crippen LogP contribution in [-0.2, 0) is 0 Å². The fourth-order valence-electron chi connectivity index (χ4n) is 1.10. The minimum absolute atomic E-state index is 0. The van der Waals surface area contributed by atoms with Crippen molar-refractivity contribution in [3.05, 3.63) is 24.3 Å². The van der Waals surface area contributed by atoms with Gasteiger partial charge >= 0.3 is 6.03 Å². The largest absolute Gasteiger partial charge is 0.497 e. The summed E-state index contributed by atoms with van der Waals surface area (Å²) in [7, 11) is 1.61. The van der Waals surface area contributed by atoms with Gasteiger partial charge in [-0.2, -0.15) is 13.5 Å². The van der Waals surface area contributed by atoms with Gasteiger partial charge in [-0.05, 0) is 38.1 Å². The molecule has 0 spiro atoms. The van der Waals surface area contributed by atoms with Crippen LogP contribution in [0.4, 0.5) is 10.5 Å². The maximum absolute atomic E-state index is 11.3. The number of anilines is 1. The molecule has 0 aromatic heterocycles. The minimum atomic E-state index is -0.199. The number of carbonyl (C=O) groups is 1. The Bertz CT molecular complexity index is 325. The Morgan fingerprint density at radius 3 is 2.25 bits per heavy atom. The lowest BCUT2D eigenvalue weighted by Crippen LogP contribution is -2.34. The summed E-state index contributed by atoms with van der Waals surface area (Å²) >= 11 is 0. The van der Waals surface area contributed by atoms with Crippen molar-refractivity contribution in [2.75, 3.05) is 12.4 Å². The number of nitrogens with one attached hydrogen (secondary N) is 2. The van der Waals surface area contributed by atoms with Crippen molar-refractivity contribution in [1.29, 1.82) is 0 Å². The zero-order valence-corrected chi connectivity index (χ0v) is 10.7. The maximum Gasteiger partial charge on any atom is 0.319 e. The molecule has 0 heterocycles. The number of hydrogen-bond donors (Lipinski definition) is 2. The Morgan fingerprint density at radius 2 is 1.81 bits per heavy atom. The van der Waals surface area contributed by atoms with Crippen molar-refractivity contribution < 1.29 is 9.53 Å². The third-order valence-corrected chi connectivity index (χ3v) is 1.77. The highest BCUT2D eigenvalue weighted by Crippen LogP contribution is 2.14. The van der Waals surface area contributed by atoms with E-state index in [0.717, 1.165) is 11.4 Å². The Kier molecular flexibility index (Phi) is 6.41. The van der Waals surface area contributed by atoms with E-state index in [2.05, 4.69) is 10.6 Å². The van der Waals surface area contributed by atoms with Crippen LogP contribution in [0, 0.1) is 0 Å². The highest BCUT2D eigenvalue weighted by atomic mass is 32.1.